The standard InChI is InChI=1S/C32H52Cl2O2/c33-31(35)27(21-25-15-7-9-17-29(25)23-11-3-1-4-12-23)19-20-28(32(34)36)22-26-16-8-10-18-30(26)24-13-5-2-6-14-24/h23-30H,1-22H2. The Kier molecular flexibility index (Phi) is 12.0. The first kappa shape index (κ1) is 28.9. The summed E-state index contributed by atoms with van der Waals surface area (Å²) in [5.41, 5.74) is 0. The van der Waals surface area contributed by atoms with Gasteiger partial charge in [-0.2, -0.15) is 0 Å². The Bertz CT molecular complexity index is 624. The summed E-state index contributed by atoms with van der Waals surface area (Å²) >= 11 is 12.4. The van der Waals surface area contributed by atoms with E-state index >= 15 is 0 Å². The minimum absolute atomic E-state index is 0.111. The first-order chi connectivity index (χ1) is 17.5. The highest BCUT2D eigenvalue weighted by Gasteiger charge is 2.37. The van der Waals surface area contributed by atoms with Crippen LogP contribution in [0, 0.1) is 47.3 Å². The number of halogens is 2. The molecule has 0 saturated heterocycles. The molecule has 2 nitrogen and oxygen atoms in total. The van der Waals surface area contributed by atoms with Gasteiger partial charge in [0.2, 0.25) is 10.5 Å². The summed E-state index contributed by atoms with van der Waals surface area (Å²) in [6, 6.07) is 0. The van der Waals surface area contributed by atoms with E-state index in [-0.39, 0.29) is 22.3 Å². The summed E-state index contributed by atoms with van der Waals surface area (Å²) in [6.07, 6.45) is 27.7. The van der Waals surface area contributed by atoms with Crippen LogP contribution >= 0.6 is 23.2 Å². The van der Waals surface area contributed by atoms with E-state index in [1.165, 1.54) is 116 Å². The Morgan fingerprint density at radius 3 is 1.19 bits per heavy atom. The van der Waals surface area contributed by atoms with Gasteiger partial charge in [-0.3, -0.25) is 9.59 Å². The molecule has 0 radical (unpaired) electrons. The third-order valence-electron chi connectivity index (χ3n) is 11.1. The van der Waals surface area contributed by atoms with Gasteiger partial charge >= 0.3 is 0 Å². The van der Waals surface area contributed by atoms with Crippen LogP contribution in [-0.2, 0) is 9.59 Å². The van der Waals surface area contributed by atoms with E-state index in [2.05, 4.69) is 0 Å². The van der Waals surface area contributed by atoms with Gasteiger partial charge in [-0.15, -0.1) is 0 Å². The average molecular weight is 540 g/mol. The lowest BCUT2D eigenvalue weighted by atomic mass is 9.65. The molecule has 0 N–H and O–H groups in total. The van der Waals surface area contributed by atoms with Gasteiger partial charge in [-0.05, 0) is 97.2 Å². The van der Waals surface area contributed by atoms with Gasteiger partial charge in [-0.25, -0.2) is 0 Å². The van der Waals surface area contributed by atoms with E-state index in [1.807, 2.05) is 0 Å². The predicted octanol–water partition coefficient (Wildman–Crippen LogP) is 10.1. The fourth-order valence-electron chi connectivity index (χ4n) is 9.21. The van der Waals surface area contributed by atoms with Gasteiger partial charge in [0.05, 0.1) is 0 Å². The quantitative estimate of drug-likeness (QED) is 0.245. The van der Waals surface area contributed by atoms with E-state index in [9.17, 15) is 9.59 Å². The minimum Gasteiger partial charge on any atom is -0.281 e. The van der Waals surface area contributed by atoms with Crippen molar-refractivity contribution in [2.24, 2.45) is 47.3 Å². The third-order valence-corrected chi connectivity index (χ3v) is 11.7. The van der Waals surface area contributed by atoms with Crippen molar-refractivity contribution in [3.63, 3.8) is 0 Å². The molecular formula is C32H52Cl2O2. The van der Waals surface area contributed by atoms with E-state index in [1.54, 1.807) is 0 Å². The van der Waals surface area contributed by atoms with Crippen LogP contribution in [0.15, 0.2) is 0 Å². The van der Waals surface area contributed by atoms with Gasteiger partial charge in [0.15, 0.2) is 0 Å². The van der Waals surface area contributed by atoms with Crippen LogP contribution in [-0.4, -0.2) is 10.5 Å². The number of hydrogen-bond donors (Lipinski definition) is 0. The molecule has 4 heteroatoms. The van der Waals surface area contributed by atoms with Crippen molar-refractivity contribution in [2.45, 2.75) is 141 Å². The zero-order valence-electron chi connectivity index (χ0n) is 22.7. The Morgan fingerprint density at radius 1 is 0.500 bits per heavy atom. The van der Waals surface area contributed by atoms with Crippen molar-refractivity contribution in [3.05, 3.63) is 0 Å². The SMILES string of the molecule is O=C(Cl)C(CCC(CC1CCCCC1C1CCCCC1)C(=O)Cl)CC1CCCCC1C1CCCCC1. The minimum atomic E-state index is -0.179. The van der Waals surface area contributed by atoms with E-state index in [0.717, 1.165) is 49.4 Å². The third kappa shape index (κ3) is 8.21. The second-order valence-corrected chi connectivity index (χ2v) is 14.0. The summed E-state index contributed by atoms with van der Waals surface area (Å²) in [7, 11) is 0. The molecular weight excluding hydrogens is 487 g/mol. The van der Waals surface area contributed by atoms with Crippen LogP contribution < -0.4 is 0 Å². The fraction of sp³-hybridized carbons (Fsp3) is 0.938. The topological polar surface area (TPSA) is 34.1 Å². The van der Waals surface area contributed by atoms with E-state index in [0.29, 0.717) is 11.8 Å². The molecule has 0 amide bonds. The van der Waals surface area contributed by atoms with E-state index in [4.69, 9.17) is 23.2 Å². The number of carbonyl (C=O) groups excluding carboxylic acids is 2. The van der Waals surface area contributed by atoms with Crippen LogP contribution in [0.4, 0.5) is 0 Å². The monoisotopic (exact) mass is 538 g/mol. The lowest BCUT2D eigenvalue weighted by Gasteiger charge is -2.41. The lowest BCUT2D eigenvalue weighted by molar-refractivity contribution is -0.118. The smallest absolute Gasteiger partial charge is 0.224 e. The van der Waals surface area contributed by atoms with Crippen molar-refractivity contribution in [3.8, 4) is 0 Å². The molecule has 4 rings (SSSR count). The molecule has 0 spiro atoms. The molecule has 6 unspecified atom stereocenters. The summed E-state index contributed by atoms with van der Waals surface area (Å²) < 4.78 is 0. The molecule has 0 bridgehead atoms. The fourth-order valence-corrected chi connectivity index (χ4v) is 9.60. The zero-order chi connectivity index (χ0) is 25.3. The molecule has 0 aromatic heterocycles. The summed E-state index contributed by atoms with van der Waals surface area (Å²) in [6.45, 7) is 0. The Labute approximate surface area is 231 Å². The van der Waals surface area contributed by atoms with Crippen LogP contribution in [0.2, 0.25) is 0 Å². The molecule has 4 aliphatic carbocycles. The highest BCUT2D eigenvalue weighted by Crippen LogP contribution is 2.46. The number of carbonyl (C=O) groups is 2. The van der Waals surface area contributed by atoms with E-state index < -0.39 is 0 Å². The van der Waals surface area contributed by atoms with Gasteiger partial charge in [0.1, 0.15) is 0 Å². The molecule has 4 fully saturated rings. The normalized spacial score (nSPS) is 32.6. The van der Waals surface area contributed by atoms with Crippen LogP contribution in [0.1, 0.15) is 141 Å². The molecule has 0 aromatic rings. The number of hydrogen-bond acceptors (Lipinski definition) is 2. The average Bonchev–Trinajstić information content (AvgIpc) is 2.91. The molecule has 6 atom stereocenters. The predicted molar refractivity (Wildman–Crippen MR) is 151 cm³/mol. The first-order valence-electron chi connectivity index (χ1n) is 15.9. The van der Waals surface area contributed by atoms with Gasteiger partial charge in [-0.1, -0.05) is 103 Å². The Hall–Kier alpha value is -0.0800. The van der Waals surface area contributed by atoms with Crippen LogP contribution in [0.5, 0.6) is 0 Å². The Balaban J connectivity index is 1.34. The molecule has 0 aliphatic heterocycles. The maximum atomic E-state index is 12.6. The molecule has 0 heterocycles. The molecule has 4 saturated carbocycles. The van der Waals surface area contributed by atoms with Crippen molar-refractivity contribution >= 4 is 33.7 Å². The van der Waals surface area contributed by atoms with Crippen molar-refractivity contribution in [2.75, 3.05) is 0 Å². The highest BCUT2D eigenvalue weighted by atomic mass is 35.5. The summed E-state index contributed by atoms with van der Waals surface area (Å²) in [5.74, 6) is 4.32. The maximum absolute atomic E-state index is 12.6. The van der Waals surface area contributed by atoms with Crippen molar-refractivity contribution in [1.29, 1.82) is 0 Å². The van der Waals surface area contributed by atoms with Crippen molar-refractivity contribution in [1.82, 2.24) is 0 Å². The molecule has 36 heavy (non-hydrogen) atoms. The highest BCUT2D eigenvalue weighted by molar-refractivity contribution is 6.64. The second-order valence-electron chi connectivity index (χ2n) is 13.3. The lowest BCUT2D eigenvalue weighted by Crippen LogP contribution is -2.32. The van der Waals surface area contributed by atoms with Crippen LogP contribution in [0.25, 0.3) is 0 Å². The zero-order valence-corrected chi connectivity index (χ0v) is 24.3. The van der Waals surface area contributed by atoms with Gasteiger partial charge in [0, 0.05) is 11.8 Å². The molecule has 0 aromatic carbocycles. The Morgan fingerprint density at radius 2 is 0.833 bits per heavy atom. The van der Waals surface area contributed by atoms with Gasteiger partial charge < -0.3 is 0 Å². The van der Waals surface area contributed by atoms with Gasteiger partial charge in [0.25, 0.3) is 0 Å². The second kappa shape index (κ2) is 14.9. The molecule has 206 valence electrons. The molecule has 4 aliphatic rings. The maximum Gasteiger partial charge on any atom is 0.224 e. The van der Waals surface area contributed by atoms with Crippen LogP contribution in [0.3, 0.4) is 0 Å². The largest absolute Gasteiger partial charge is 0.281 e. The van der Waals surface area contributed by atoms with Crippen molar-refractivity contribution < 1.29 is 9.59 Å². The summed E-state index contributed by atoms with van der Waals surface area (Å²) in [4.78, 5) is 25.2. The number of rotatable bonds is 11. The summed E-state index contributed by atoms with van der Waals surface area (Å²) in [5, 5.41) is -0.358. The first-order valence-corrected chi connectivity index (χ1v) is 16.7.